The van der Waals surface area contributed by atoms with Gasteiger partial charge in [0.2, 0.25) is 0 Å². The van der Waals surface area contributed by atoms with E-state index in [-0.39, 0.29) is 32.0 Å². The Hall–Kier alpha value is -2.37. The molecule has 22 heavy (non-hydrogen) atoms. The van der Waals surface area contributed by atoms with E-state index in [0.29, 0.717) is 6.54 Å². The fourth-order valence-electron chi connectivity index (χ4n) is 2.28. The van der Waals surface area contributed by atoms with Gasteiger partial charge in [-0.15, -0.1) is 0 Å². The van der Waals surface area contributed by atoms with E-state index >= 15 is 0 Å². The Labute approximate surface area is 129 Å². The largest absolute Gasteiger partial charge is 0.465 e. The van der Waals surface area contributed by atoms with Gasteiger partial charge in [-0.3, -0.25) is 9.59 Å². The number of piperidine rings is 1. The number of carbonyl (C=O) groups excluding carboxylic acids is 3. The molecule has 1 unspecified atom stereocenters. The van der Waals surface area contributed by atoms with Gasteiger partial charge in [0.15, 0.2) is 5.78 Å². The second kappa shape index (κ2) is 7.59. The summed E-state index contributed by atoms with van der Waals surface area (Å²) in [5.41, 5.74) is 0.878. The van der Waals surface area contributed by atoms with Crippen LogP contribution in [-0.2, 0) is 25.7 Å². The topological polar surface area (TPSA) is 72.9 Å². The van der Waals surface area contributed by atoms with Crippen molar-refractivity contribution in [1.82, 2.24) is 4.90 Å². The molecular weight excluding hydrogens is 286 g/mol. The van der Waals surface area contributed by atoms with Crippen LogP contribution in [0.2, 0.25) is 0 Å². The Morgan fingerprint density at radius 2 is 1.95 bits per heavy atom. The molecular formula is C16H19NO5. The quantitative estimate of drug-likeness (QED) is 0.626. The first-order valence-corrected chi connectivity index (χ1v) is 7.26. The number of hydrogen-bond acceptors (Lipinski definition) is 5. The summed E-state index contributed by atoms with van der Waals surface area (Å²) in [6, 6.07) is 9.30. The standard InChI is InChI=1S/C16H19NO5/c1-2-21-15(19)13-8-9-17(10-14(13)18)16(20)22-11-12-6-4-3-5-7-12/h3-7,13H,2,8-11H2,1H3. The number of likely N-dealkylation sites (tertiary alicyclic amines) is 1. The molecule has 1 aliphatic rings. The molecule has 0 spiro atoms. The number of benzene rings is 1. The molecule has 1 saturated heterocycles. The third kappa shape index (κ3) is 4.07. The first-order chi connectivity index (χ1) is 10.6. The molecule has 0 N–H and O–H groups in total. The van der Waals surface area contributed by atoms with Crippen molar-refractivity contribution in [2.24, 2.45) is 5.92 Å². The lowest BCUT2D eigenvalue weighted by atomic mass is 9.96. The maximum absolute atomic E-state index is 12.0. The van der Waals surface area contributed by atoms with E-state index in [0.717, 1.165) is 5.56 Å². The van der Waals surface area contributed by atoms with Gasteiger partial charge in [0.05, 0.1) is 13.2 Å². The van der Waals surface area contributed by atoms with Gasteiger partial charge in [-0.2, -0.15) is 0 Å². The Morgan fingerprint density at radius 3 is 2.59 bits per heavy atom. The summed E-state index contributed by atoms with van der Waals surface area (Å²) >= 11 is 0. The normalized spacial score (nSPS) is 18.0. The molecule has 6 nitrogen and oxygen atoms in total. The number of ketones is 1. The third-order valence-electron chi connectivity index (χ3n) is 3.46. The number of amides is 1. The van der Waals surface area contributed by atoms with Crippen LogP contribution in [0.4, 0.5) is 4.79 Å². The molecule has 1 heterocycles. The molecule has 1 atom stereocenters. The van der Waals surface area contributed by atoms with Crippen LogP contribution in [0.5, 0.6) is 0 Å². The van der Waals surface area contributed by atoms with Crippen molar-refractivity contribution >= 4 is 17.8 Å². The Kier molecular flexibility index (Phi) is 5.52. The molecule has 1 aliphatic heterocycles. The molecule has 1 fully saturated rings. The Balaban J connectivity index is 1.83. The number of ether oxygens (including phenoxy) is 2. The lowest BCUT2D eigenvalue weighted by Crippen LogP contribution is -2.46. The summed E-state index contributed by atoms with van der Waals surface area (Å²) in [7, 11) is 0. The molecule has 0 radical (unpaired) electrons. The highest BCUT2D eigenvalue weighted by molar-refractivity contribution is 6.01. The summed E-state index contributed by atoms with van der Waals surface area (Å²) in [6.07, 6.45) is -0.266. The minimum absolute atomic E-state index is 0.114. The van der Waals surface area contributed by atoms with E-state index in [4.69, 9.17) is 9.47 Å². The number of rotatable bonds is 4. The summed E-state index contributed by atoms with van der Waals surface area (Å²) < 4.78 is 10.0. The fraction of sp³-hybridized carbons (Fsp3) is 0.438. The van der Waals surface area contributed by atoms with E-state index in [1.165, 1.54) is 4.90 Å². The molecule has 1 aromatic carbocycles. The lowest BCUT2D eigenvalue weighted by Gasteiger charge is -2.29. The van der Waals surface area contributed by atoms with Crippen LogP contribution in [-0.4, -0.2) is 42.4 Å². The van der Waals surface area contributed by atoms with Gasteiger partial charge in [0.25, 0.3) is 0 Å². The maximum atomic E-state index is 12.0. The molecule has 0 aromatic heterocycles. The van der Waals surface area contributed by atoms with Gasteiger partial charge in [-0.05, 0) is 18.9 Å². The second-order valence-electron chi connectivity index (χ2n) is 5.02. The summed E-state index contributed by atoms with van der Waals surface area (Å²) in [6.45, 7) is 2.29. The Morgan fingerprint density at radius 1 is 1.23 bits per heavy atom. The van der Waals surface area contributed by atoms with Crippen molar-refractivity contribution < 1.29 is 23.9 Å². The van der Waals surface area contributed by atoms with E-state index in [9.17, 15) is 14.4 Å². The molecule has 6 heteroatoms. The van der Waals surface area contributed by atoms with E-state index in [2.05, 4.69) is 0 Å². The number of Topliss-reactive ketones (excluding diaryl/α,β-unsaturated/α-hetero) is 1. The van der Waals surface area contributed by atoms with Gasteiger partial charge >= 0.3 is 12.1 Å². The van der Waals surface area contributed by atoms with E-state index in [1.807, 2.05) is 30.3 Å². The zero-order chi connectivity index (χ0) is 15.9. The maximum Gasteiger partial charge on any atom is 0.410 e. The smallest absolute Gasteiger partial charge is 0.410 e. The van der Waals surface area contributed by atoms with Crippen LogP contribution in [0.25, 0.3) is 0 Å². The molecule has 1 amide bonds. The van der Waals surface area contributed by atoms with Gasteiger partial charge in [-0.1, -0.05) is 30.3 Å². The summed E-state index contributed by atoms with van der Waals surface area (Å²) in [5, 5.41) is 0. The molecule has 118 valence electrons. The monoisotopic (exact) mass is 305 g/mol. The first-order valence-electron chi connectivity index (χ1n) is 7.26. The average molecular weight is 305 g/mol. The zero-order valence-electron chi connectivity index (χ0n) is 12.5. The van der Waals surface area contributed by atoms with Crippen molar-refractivity contribution in [2.75, 3.05) is 19.7 Å². The SMILES string of the molecule is CCOC(=O)C1CCN(C(=O)OCc2ccccc2)CC1=O. The fourth-order valence-corrected chi connectivity index (χ4v) is 2.28. The van der Waals surface area contributed by atoms with Crippen LogP contribution < -0.4 is 0 Å². The highest BCUT2D eigenvalue weighted by Gasteiger charge is 2.35. The number of esters is 1. The third-order valence-corrected chi connectivity index (χ3v) is 3.46. The second-order valence-corrected chi connectivity index (χ2v) is 5.02. The summed E-state index contributed by atoms with van der Waals surface area (Å²) in [4.78, 5) is 36.8. The predicted octanol–water partition coefficient (Wildman–Crippen LogP) is 1.78. The van der Waals surface area contributed by atoms with Crippen LogP contribution in [0, 0.1) is 5.92 Å². The Bertz CT molecular complexity index is 543. The minimum Gasteiger partial charge on any atom is -0.465 e. The average Bonchev–Trinajstić information content (AvgIpc) is 2.53. The molecule has 2 rings (SSSR count). The molecule has 1 aromatic rings. The van der Waals surface area contributed by atoms with Crippen LogP contribution in [0.3, 0.4) is 0 Å². The number of hydrogen-bond donors (Lipinski definition) is 0. The van der Waals surface area contributed by atoms with Crippen LogP contribution in [0.15, 0.2) is 30.3 Å². The van der Waals surface area contributed by atoms with Gasteiger partial charge in [0.1, 0.15) is 12.5 Å². The highest BCUT2D eigenvalue weighted by Crippen LogP contribution is 2.17. The molecule has 0 aliphatic carbocycles. The molecule has 0 bridgehead atoms. The van der Waals surface area contributed by atoms with Crippen molar-refractivity contribution in [3.63, 3.8) is 0 Å². The van der Waals surface area contributed by atoms with Crippen LogP contribution >= 0.6 is 0 Å². The van der Waals surface area contributed by atoms with Crippen molar-refractivity contribution in [1.29, 1.82) is 0 Å². The zero-order valence-corrected chi connectivity index (χ0v) is 12.5. The number of nitrogens with zero attached hydrogens (tertiary/aromatic N) is 1. The minimum atomic E-state index is -0.766. The van der Waals surface area contributed by atoms with Gasteiger partial charge in [-0.25, -0.2) is 4.79 Å². The summed E-state index contributed by atoms with van der Waals surface area (Å²) in [5.74, 6) is -1.58. The van der Waals surface area contributed by atoms with E-state index < -0.39 is 18.0 Å². The lowest BCUT2D eigenvalue weighted by molar-refractivity contribution is -0.153. The van der Waals surface area contributed by atoms with Crippen molar-refractivity contribution in [3.05, 3.63) is 35.9 Å². The highest BCUT2D eigenvalue weighted by atomic mass is 16.6. The predicted molar refractivity (Wildman–Crippen MR) is 77.9 cm³/mol. The molecule has 0 saturated carbocycles. The van der Waals surface area contributed by atoms with E-state index in [1.54, 1.807) is 6.92 Å². The van der Waals surface area contributed by atoms with Gasteiger partial charge in [0, 0.05) is 6.54 Å². The van der Waals surface area contributed by atoms with Gasteiger partial charge < -0.3 is 14.4 Å². The first kappa shape index (κ1) is 16.0. The van der Waals surface area contributed by atoms with Crippen molar-refractivity contribution in [3.8, 4) is 0 Å². The van der Waals surface area contributed by atoms with Crippen molar-refractivity contribution in [2.45, 2.75) is 20.0 Å². The number of carbonyl (C=O) groups is 3. The van der Waals surface area contributed by atoms with Crippen LogP contribution in [0.1, 0.15) is 18.9 Å².